The average molecular weight is 448 g/mol. The highest BCUT2D eigenvalue weighted by molar-refractivity contribution is 7.88. The van der Waals surface area contributed by atoms with Crippen LogP contribution in [0.1, 0.15) is 74.7 Å². The van der Waals surface area contributed by atoms with Crippen LogP contribution in [0.4, 0.5) is 4.79 Å². The number of hydrogen-bond donors (Lipinski definition) is 0. The highest BCUT2D eigenvalue weighted by atomic mass is 32.2. The maximum Gasteiger partial charge on any atom is 0.410 e. The Labute approximate surface area is 185 Å². The van der Waals surface area contributed by atoms with Crippen LogP contribution in [0.2, 0.25) is 0 Å². The quantitative estimate of drug-likeness (QED) is 0.656. The van der Waals surface area contributed by atoms with Gasteiger partial charge in [0.1, 0.15) is 5.60 Å². The molecule has 8 heteroatoms. The minimum Gasteiger partial charge on any atom is -0.444 e. The van der Waals surface area contributed by atoms with Crippen LogP contribution in [0.3, 0.4) is 0 Å². The first-order valence-electron chi connectivity index (χ1n) is 11.3. The zero-order valence-corrected chi connectivity index (χ0v) is 21.5. The zero-order chi connectivity index (χ0) is 23.3. The monoisotopic (exact) mass is 447 g/mol. The summed E-state index contributed by atoms with van der Waals surface area (Å²) >= 11 is 0. The highest BCUT2D eigenvalue weighted by Gasteiger charge is 2.44. The van der Waals surface area contributed by atoms with Crippen molar-refractivity contribution in [2.45, 2.75) is 92.3 Å². The second-order valence-electron chi connectivity index (χ2n) is 10.3. The molecule has 0 radical (unpaired) electrons. The van der Waals surface area contributed by atoms with Gasteiger partial charge >= 0.3 is 6.09 Å². The molecule has 178 valence electrons. The van der Waals surface area contributed by atoms with Gasteiger partial charge in [0, 0.05) is 38.3 Å². The van der Waals surface area contributed by atoms with Crippen LogP contribution in [0.25, 0.3) is 0 Å². The fourth-order valence-electron chi connectivity index (χ4n) is 4.44. The summed E-state index contributed by atoms with van der Waals surface area (Å²) in [6.07, 6.45) is 3.57. The molecular formula is C22H45N3O4S. The summed E-state index contributed by atoms with van der Waals surface area (Å²) in [4.78, 5) is 16.3. The number of nitrogens with zero attached hydrogens (tertiary/aromatic N) is 3. The molecule has 0 aromatic carbocycles. The largest absolute Gasteiger partial charge is 0.444 e. The molecule has 1 amide bonds. The Kier molecular flexibility index (Phi) is 9.64. The molecule has 0 unspecified atom stereocenters. The first-order valence-corrected chi connectivity index (χ1v) is 13.1. The van der Waals surface area contributed by atoms with Gasteiger partial charge in [-0.2, -0.15) is 0 Å². The van der Waals surface area contributed by atoms with E-state index < -0.39 is 15.6 Å². The van der Waals surface area contributed by atoms with Crippen molar-refractivity contribution in [1.82, 2.24) is 14.1 Å². The Morgan fingerprint density at radius 1 is 1.03 bits per heavy atom. The van der Waals surface area contributed by atoms with Crippen LogP contribution in [-0.4, -0.2) is 85.3 Å². The number of piperidine rings is 1. The van der Waals surface area contributed by atoms with Crippen LogP contribution < -0.4 is 0 Å². The van der Waals surface area contributed by atoms with Gasteiger partial charge in [-0.3, -0.25) is 4.90 Å². The number of carbonyl (C=O) groups is 1. The van der Waals surface area contributed by atoms with Crippen molar-refractivity contribution >= 4 is 16.1 Å². The predicted octanol–water partition coefficient (Wildman–Crippen LogP) is 3.79. The lowest BCUT2D eigenvalue weighted by molar-refractivity contribution is 0.0258. The molecule has 0 atom stereocenters. The molecule has 0 N–H and O–H groups in total. The van der Waals surface area contributed by atoms with Gasteiger partial charge in [0.2, 0.25) is 10.0 Å². The first-order chi connectivity index (χ1) is 13.6. The van der Waals surface area contributed by atoms with E-state index in [0.717, 1.165) is 25.8 Å². The van der Waals surface area contributed by atoms with E-state index >= 15 is 0 Å². The Morgan fingerprint density at radius 3 is 1.83 bits per heavy atom. The fourth-order valence-corrected chi connectivity index (χ4v) is 5.29. The molecule has 2 aliphatic heterocycles. The molecule has 0 aromatic rings. The van der Waals surface area contributed by atoms with Crippen LogP contribution in [0, 0.1) is 5.41 Å². The number of ether oxygens (including phenoxy) is 1. The molecule has 2 rings (SSSR count). The van der Waals surface area contributed by atoms with Gasteiger partial charge in [-0.15, -0.1) is 0 Å². The number of sulfonamides is 1. The zero-order valence-electron chi connectivity index (χ0n) is 20.7. The van der Waals surface area contributed by atoms with Crippen molar-refractivity contribution in [2.24, 2.45) is 5.41 Å². The lowest BCUT2D eigenvalue weighted by Crippen LogP contribution is -2.44. The summed E-state index contributed by atoms with van der Waals surface area (Å²) in [6.45, 7) is 20.4. The van der Waals surface area contributed by atoms with Crippen molar-refractivity contribution in [1.29, 1.82) is 0 Å². The molecule has 2 heterocycles. The van der Waals surface area contributed by atoms with Crippen LogP contribution in [0.15, 0.2) is 0 Å². The van der Waals surface area contributed by atoms with Crippen molar-refractivity contribution in [2.75, 3.05) is 39.0 Å². The van der Waals surface area contributed by atoms with E-state index in [2.05, 4.69) is 39.5 Å². The van der Waals surface area contributed by atoms with E-state index in [4.69, 9.17) is 4.74 Å². The molecule has 0 saturated carbocycles. The molecule has 2 aliphatic rings. The summed E-state index contributed by atoms with van der Waals surface area (Å²) < 4.78 is 30.1. The second kappa shape index (κ2) is 10.6. The van der Waals surface area contributed by atoms with E-state index in [1.807, 2.05) is 20.8 Å². The van der Waals surface area contributed by atoms with E-state index in [9.17, 15) is 13.2 Å². The molecule has 0 bridgehead atoms. The van der Waals surface area contributed by atoms with Crippen molar-refractivity contribution in [3.63, 3.8) is 0 Å². The lowest BCUT2D eigenvalue weighted by Gasteiger charge is -2.38. The summed E-state index contributed by atoms with van der Waals surface area (Å²) in [5.74, 6) is 0. The Hall–Kier alpha value is -0.860. The van der Waals surface area contributed by atoms with E-state index in [1.54, 1.807) is 4.90 Å². The molecule has 2 saturated heterocycles. The van der Waals surface area contributed by atoms with Gasteiger partial charge in [0.05, 0.1) is 6.26 Å². The summed E-state index contributed by atoms with van der Waals surface area (Å²) in [7, 11) is -3.10. The second-order valence-corrected chi connectivity index (χ2v) is 12.3. The predicted molar refractivity (Wildman–Crippen MR) is 123 cm³/mol. The third kappa shape index (κ3) is 8.35. The molecular weight excluding hydrogens is 402 g/mol. The van der Waals surface area contributed by atoms with Gasteiger partial charge in [0.15, 0.2) is 0 Å². The topological polar surface area (TPSA) is 70.2 Å². The van der Waals surface area contributed by atoms with Crippen LogP contribution >= 0.6 is 0 Å². The van der Waals surface area contributed by atoms with Gasteiger partial charge in [0.25, 0.3) is 0 Å². The summed E-state index contributed by atoms with van der Waals surface area (Å²) in [6, 6.07) is 1.38. The van der Waals surface area contributed by atoms with E-state index in [0.29, 0.717) is 38.3 Å². The van der Waals surface area contributed by atoms with Crippen molar-refractivity contribution < 1.29 is 17.9 Å². The molecule has 1 spiro atoms. The lowest BCUT2D eigenvalue weighted by atomic mass is 9.78. The maximum absolute atomic E-state index is 12.1. The minimum absolute atomic E-state index is 0.0676. The number of amides is 1. The smallest absolute Gasteiger partial charge is 0.410 e. The molecule has 30 heavy (non-hydrogen) atoms. The van der Waals surface area contributed by atoms with Gasteiger partial charge < -0.3 is 9.64 Å². The molecule has 0 aliphatic carbocycles. The molecule has 0 aromatic heterocycles. The van der Waals surface area contributed by atoms with E-state index in [1.165, 1.54) is 10.6 Å². The first kappa shape index (κ1) is 27.2. The minimum atomic E-state index is -3.10. The Balaban J connectivity index is 0.000000424. The highest BCUT2D eigenvalue weighted by Crippen LogP contribution is 2.41. The van der Waals surface area contributed by atoms with Crippen LogP contribution in [0.5, 0.6) is 0 Å². The van der Waals surface area contributed by atoms with Gasteiger partial charge in [-0.1, -0.05) is 6.92 Å². The average Bonchev–Trinajstić information content (AvgIpc) is 2.97. The number of likely N-dealkylation sites (tertiary alicyclic amines) is 1. The molecule has 2 fully saturated rings. The van der Waals surface area contributed by atoms with Crippen molar-refractivity contribution in [3.05, 3.63) is 0 Å². The van der Waals surface area contributed by atoms with Crippen LogP contribution in [-0.2, 0) is 14.8 Å². The van der Waals surface area contributed by atoms with E-state index in [-0.39, 0.29) is 11.5 Å². The summed E-state index contributed by atoms with van der Waals surface area (Å²) in [5.41, 5.74) is -0.412. The molecule has 7 nitrogen and oxygen atoms in total. The SMILES string of the molecule is CC(C)(C)OC(=O)N1CCC2(CCN(S(C)(=O)=O)CC2)C1.CCN(C(C)C)C(C)C. The number of carbonyl (C=O) groups excluding carboxylic acids is 1. The van der Waals surface area contributed by atoms with Crippen molar-refractivity contribution in [3.8, 4) is 0 Å². The Bertz CT molecular complexity index is 640. The fraction of sp³-hybridized carbons (Fsp3) is 0.955. The summed E-state index contributed by atoms with van der Waals surface area (Å²) in [5, 5.41) is 0. The standard InChI is InChI=1S/C14H26N2O4S.C8H19N/c1-13(2,3)20-12(17)15-8-5-14(11-15)6-9-16(10-7-14)21(4,18)19;1-6-9(7(2)3)8(4)5/h5-11H2,1-4H3;7-8H,6H2,1-5H3. The normalized spacial score (nSPS) is 20.1. The van der Waals surface area contributed by atoms with Gasteiger partial charge in [-0.05, 0) is 79.7 Å². The number of rotatable bonds is 4. The van der Waals surface area contributed by atoms with Gasteiger partial charge in [-0.25, -0.2) is 17.5 Å². The Morgan fingerprint density at radius 2 is 1.50 bits per heavy atom. The number of hydrogen-bond acceptors (Lipinski definition) is 5. The third-order valence-electron chi connectivity index (χ3n) is 6.03. The third-order valence-corrected chi connectivity index (χ3v) is 7.34. The maximum atomic E-state index is 12.1.